The van der Waals surface area contributed by atoms with Crippen molar-refractivity contribution in [2.24, 2.45) is 10.2 Å². The highest BCUT2D eigenvalue weighted by atomic mass is 16.8. The van der Waals surface area contributed by atoms with Crippen molar-refractivity contribution in [3.8, 4) is 5.75 Å². The molecule has 36 heavy (non-hydrogen) atoms. The van der Waals surface area contributed by atoms with E-state index in [1.165, 1.54) is 12.1 Å². The summed E-state index contributed by atoms with van der Waals surface area (Å²) in [6.07, 6.45) is -0.846. The standard InChI is InChI=1S/C24H24N6O6/c1-2-34-24(33)36-15-35-19-11-7-6-10-17(19)29-30-18-12-13-20(28-22(18)25)27-21(31)14-26-23(32)16-8-4-3-5-9-16/h3-13H,2,14-15H2,1H3,(H,26,32)(H3,25,27,28,31). The monoisotopic (exact) mass is 492 g/mol. The summed E-state index contributed by atoms with van der Waals surface area (Å²) < 4.78 is 14.8. The fourth-order valence-electron chi connectivity index (χ4n) is 2.73. The van der Waals surface area contributed by atoms with Crippen LogP contribution in [0.15, 0.2) is 77.0 Å². The number of aromatic nitrogens is 1. The van der Waals surface area contributed by atoms with Gasteiger partial charge in [-0.15, -0.1) is 10.2 Å². The van der Waals surface area contributed by atoms with Crippen molar-refractivity contribution >= 4 is 41.0 Å². The number of benzene rings is 2. The Labute approximate surface area is 206 Å². The number of hydrogen-bond acceptors (Lipinski definition) is 10. The molecular weight excluding hydrogens is 468 g/mol. The van der Waals surface area contributed by atoms with Gasteiger partial charge in [0.2, 0.25) is 12.7 Å². The number of carbonyl (C=O) groups excluding carboxylic acids is 3. The molecule has 1 aromatic heterocycles. The Kier molecular flexibility index (Phi) is 9.27. The molecule has 0 radical (unpaired) electrons. The molecular formula is C24H24N6O6. The molecule has 12 nitrogen and oxygen atoms in total. The van der Waals surface area contributed by atoms with Crippen molar-refractivity contribution in [1.82, 2.24) is 10.3 Å². The van der Waals surface area contributed by atoms with Gasteiger partial charge in [-0.2, -0.15) is 0 Å². The van der Waals surface area contributed by atoms with Crippen LogP contribution in [0, 0.1) is 0 Å². The molecule has 12 heteroatoms. The molecule has 0 unspecified atom stereocenters. The van der Waals surface area contributed by atoms with E-state index in [0.717, 1.165) is 0 Å². The number of nitrogens with two attached hydrogens (primary N) is 1. The number of amides is 2. The van der Waals surface area contributed by atoms with Crippen LogP contribution in [0.5, 0.6) is 5.75 Å². The van der Waals surface area contributed by atoms with Gasteiger partial charge >= 0.3 is 6.16 Å². The highest BCUT2D eigenvalue weighted by molar-refractivity contribution is 5.99. The van der Waals surface area contributed by atoms with E-state index in [1.54, 1.807) is 61.5 Å². The van der Waals surface area contributed by atoms with Crippen molar-refractivity contribution in [2.75, 3.05) is 31.0 Å². The SMILES string of the molecule is CCOC(=O)OCOc1ccccc1N=Nc1ccc(NC(=O)CNC(=O)c2ccccc2)nc1N. The molecule has 3 rings (SSSR count). The minimum Gasteiger partial charge on any atom is -0.455 e. The zero-order chi connectivity index (χ0) is 25.8. The highest BCUT2D eigenvalue weighted by Crippen LogP contribution is 2.30. The summed E-state index contributed by atoms with van der Waals surface area (Å²) in [5.41, 5.74) is 7.01. The van der Waals surface area contributed by atoms with E-state index < -0.39 is 12.1 Å². The number of anilines is 2. The summed E-state index contributed by atoms with van der Waals surface area (Å²) in [5.74, 6) is -0.319. The van der Waals surface area contributed by atoms with Crippen LogP contribution in [-0.4, -0.2) is 42.9 Å². The van der Waals surface area contributed by atoms with E-state index in [9.17, 15) is 14.4 Å². The maximum absolute atomic E-state index is 12.2. The van der Waals surface area contributed by atoms with Crippen LogP contribution in [0.25, 0.3) is 0 Å². The van der Waals surface area contributed by atoms with E-state index in [-0.39, 0.29) is 43.2 Å². The summed E-state index contributed by atoms with van der Waals surface area (Å²) in [6.45, 7) is 1.24. The first-order valence-corrected chi connectivity index (χ1v) is 10.8. The molecule has 0 saturated heterocycles. The summed E-state index contributed by atoms with van der Waals surface area (Å²) in [4.78, 5) is 39.5. The van der Waals surface area contributed by atoms with Gasteiger partial charge in [0.25, 0.3) is 5.91 Å². The third-order valence-corrected chi connectivity index (χ3v) is 4.40. The predicted octanol–water partition coefficient (Wildman–Crippen LogP) is 3.96. The normalized spacial score (nSPS) is 10.5. The summed E-state index contributed by atoms with van der Waals surface area (Å²) >= 11 is 0. The predicted molar refractivity (Wildman–Crippen MR) is 130 cm³/mol. The third kappa shape index (κ3) is 7.80. The molecule has 2 amide bonds. The third-order valence-electron chi connectivity index (χ3n) is 4.40. The van der Waals surface area contributed by atoms with Crippen LogP contribution in [0.1, 0.15) is 17.3 Å². The van der Waals surface area contributed by atoms with E-state index >= 15 is 0 Å². The van der Waals surface area contributed by atoms with E-state index in [2.05, 4.69) is 30.6 Å². The van der Waals surface area contributed by atoms with Gasteiger partial charge in [-0.25, -0.2) is 9.78 Å². The molecule has 2 aromatic carbocycles. The molecule has 3 aromatic rings. The topological polar surface area (TPSA) is 167 Å². The molecule has 0 spiro atoms. The van der Waals surface area contributed by atoms with Crippen LogP contribution >= 0.6 is 0 Å². The van der Waals surface area contributed by atoms with Gasteiger partial charge < -0.3 is 30.6 Å². The Bertz CT molecular complexity index is 1230. The van der Waals surface area contributed by atoms with Gasteiger partial charge in [0.15, 0.2) is 11.6 Å². The average molecular weight is 492 g/mol. The number of nitrogens with zero attached hydrogens (tertiary/aromatic N) is 3. The highest BCUT2D eigenvalue weighted by Gasteiger charge is 2.10. The molecule has 0 fully saturated rings. The fraction of sp³-hybridized carbons (Fsp3) is 0.167. The van der Waals surface area contributed by atoms with Crippen molar-refractivity contribution in [1.29, 1.82) is 0 Å². The first-order chi connectivity index (χ1) is 17.5. The minimum absolute atomic E-state index is 0.0221. The molecule has 1 heterocycles. The number of para-hydroxylation sites is 1. The second kappa shape index (κ2) is 13.0. The van der Waals surface area contributed by atoms with Crippen LogP contribution in [0.2, 0.25) is 0 Å². The molecule has 0 saturated carbocycles. The number of rotatable bonds is 10. The van der Waals surface area contributed by atoms with Crippen LogP contribution < -0.4 is 21.1 Å². The van der Waals surface area contributed by atoms with E-state index in [4.69, 9.17) is 15.2 Å². The lowest BCUT2D eigenvalue weighted by Crippen LogP contribution is -2.33. The van der Waals surface area contributed by atoms with Gasteiger partial charge in [-0.1, -0.05) is 30.3 Å². The Morgan fingerprint density at radius 2 is 1.64 bits per heavy atom. The second-order valence-electron chi connectivity index (χ2n) is 6.96. The van der Waals surface area contributed by atoms with Crippen molar-refractivity contribution in [3.05, 3.63) is 72.3 Å². The Morgan fingerprint density at radius 3 is 2.39 bits per heavy atom. The largest absolute Gasteiger partial charge is 0.511 e. The minimum atomic E-state index is -0.846. The molecule has 0 atom stereocenters. The molecule has 0 aliphatic carbocycles. The summed E-state index contributed by atoms with van der Waals surface area (Å²) in [7, 11) is 0. The van der Waals surface area contributed by atoms with Gasteiger partial charge in [0.1, 0.15) is 17.2 Å². The molecule has 0 aliphatic heterocycles. The fourth-order valence-corrected chi connectivity index (χ4v) is 2.73. The lowest BCUT2D eigenvalue weighted by molar-refractivity contribution is -0.115. The summed E-state index contributed by atoms with van der Waals surface area (Å²) in [6, 6.07) is 18.3. The van der Waals surface area contributed by atoms with Crippen LogP contribution in [0.3, 0.4) is 0 Å². The number of hydrogen-bond donors (Lipinski definition) is 3. The number of nitrogen functional groups attached to an aromatic ring is 1. The number of pyridine rings is 1. The zero-order valence-electron chi connectivity index (χ0n) is 19.3. The van der Waals surface area contributed by atoms with E-state index in [1.807, 2.05) is 0 Å². The van der Waals surface area contributed by atoms with Gasteiger partial charge in [-0.3, -0.25) is 9.59 Å². The van der Waals surface area contributed by atoms with Crippen molar-refractivity contribution < 1.29 is 28.6 Å². The molecule has 186 valence electrons. The maximum atomic E-state index is 12.2. The van der Waals surface area contributed by atoms with Crippen LogP contribution in [-0.2, 0) is 14.3 Å². The van der Waals surface area contributed by atoms with Gasteiger partial charge in [0.05, 0.1) is 13.2 Å². The van der Waals surface area contributed by atoms with Gasteiger partial charge in [0, 0.05) is 5.56 Å². The maximum Gasteiger partial charge on any atom is 0.511 e. The number of ether oxygens (including phenoxy) is 3. The lowest BCUT2D eigenvalue weighted by Gasteiger charge is -2.09. The number of azo groups is 1. The zero-order valence-corrected chi connectivity index (χ0v) is 19.3. The molecule has 4 N–H and O–H groups in total. The Morgan fingerprint density at radius 1 is 0.917 bits per heavy atom. The smallest absolute Gasteiger partial charge is 0.455 e. The Hall–Kier alpha value is -5.00. The number of carbonyl (C=O) groups is 3. The lowest BCUT2D eigenvalue weighted by atomic mass is 10.2. The average Bonchev–Trinajstić information content (AvgIpc) is 2.88. The van der Waals surface area contributed by atoms with E-state index in [0.29, 0.717) is 17.0 Å². The Balaban J connectivity index is 1.56. The number of nitrogens with one attached hydrogen (secondary N) is 2. The molecule has 0 aliphatic rings. The quantitative estimate of drug-likeness (QED) is 0.217. The summed E-state index contributed by atoms with van der Waals surface area (Å²) in [5, 5.41) is 13.3. The van der Waals surface area contributed by atoms with Crippen molar-refractivity contribution in [2.45, 2.75) is 6.92 Å². The van der Waals surface area contributed by atoms with Crippen LogP contribution in [0.4, 0.5) is 27.8 Å². The molecule has 0 bridgehead atoms. The first-order valence-electron chi connectivity index (χ1n) is 10.8. The van der Waals surface area contributed by atoms with Crippen molar-refractivity contribution in [3.63, 3.8) is 0 Å². The second-order valence-corrected chi connectivity index (χ2v) is 6.96. The first kappa shape index (κ1) is 25.6. The van der Waals surface area contributed by atoms with Gasteiger partial charge in [-0.05, 0) is 43.3 Å².